The number of benzene rings is 1. The smallest absolute Gasteiger partial charge is 0.154 e. The van der Waals surface area contributed by atoms with Crippen molar-refractivity contribution in [3.63, 3.8) is 0 Å². The number of anilines is 1. The molecule has 0 unspecified atom stereocenters. The fraction of sp³-hybridized carbons (Fsp3) is 0.100. The van der Waals surface area contributed by atoms with Crippen LogP contribution in [0.2, 0.25) is 10.0 Å². The molecule has 2 nitrogen and oxygen atoms in total. The summed E-state index contributed by atoms with van der Waals surface area (Å²) in [6.07, 6.45) is 0. The van der Waals surface area contributed by atoms with Gasteiger partial charge in [-0.05, 0) is 19.1 Å². The standard InChI is InChI=1S/C10H8Cl2N2S2/c1-5-4-15-10(14-5)16-9-3-7(12)6(11)2-8(9)13/h2-4H,13H2,1H3. The van der Waals surface area contributed by atoms with E-state index in [4.69, 9.17) is 28.9 Å². The van der Waals surface area contributed by atoms with Crippen LogP contribution in [0.15, 0.2) is 26.7 Å². The molecule has 1 aromatic carbocycles. The van der Waals surface area contributed by atoms with Crippen LogP contribution in [0.25, 0.3) is 0 Å². The highest BCUT2D eigenvalue weighted by atomic mass is 35.5. The fourth-order valence-electron chi connectivity index (χ4n) is 1.11. The quantitative estimate of drug-likeness (QED) is 0.828. The molecule has 2 N–H and O–H groups in total. The summed E-state index contributed by atoms with van der Waals surface area (Å²) in [6, 6.07) is 3.42. The maximum atomic E-state index is 5.94. The van der Waals surface area contributed by atoms with Crippen LogP contribution in [0.1, 0.15) is 5.69 Å². The molecule has 0 aliphatic heterocycles. The molecule has 0 aliphatic carbocycles. The van der Waals surface area contributed by atoms with Crippen LogP contribution in [0, 0.1) is 6.92 Å². The molecule has 1 aromatic heterocycles. The molecule has 6 heteroatoms. The Labute approximate surface area is 112 Å². The van der Waals surface area contributed by atoms with Gasteiger partial charge in [0.2, 0.25) is 0 Å². The SMILES string of the molecule is Cc1csc(Sc2cc(Cl)c(Cl)cc2N)n1. The van der Waals surface area contributed by atoms with Gasteiger partial charge in [0.25, 0.3) is 0 Å². The zero-order valence-electron chi connectivity index (χ0n) is 8.33. The largest absolute Gasteiger partial charge is 0.398 e. The van der Waals surface area contributed by atoms with E-state index in [0.717, 1.165) is 14.9 Å². The van der Waals surface area contributed by atoms with Crippen LogP contribution in [-0.2, 0) is 0 Å². The average Bonchev–Trinajstić information content (AvgIpc) is 2.60. The van der Waals surface area contributed by atoms with Gasteiger partial charge >= 0.3 is 0 Å². The average molecular weight is 291 g/mol. The Morgan fingerprint density at radius 1 is 1.31 bits per heavy atom. The maximum absolute atomic E-state index is 5.94. The van der Waals surface area contributed by atoms with E-state index < -0.39 is 0 Å². The van der Waals surface area contributed by atoms with Crippen LogP contribution in [-0.4, -0.2) is 4.98 Å². The lowest BCUT2D eigenvalue weighted by molar-refractivity contribution is 1.16. The van der Waals surface area contributed by atoms with E-state index in [0.29, 0.717) is 15.7 Å². The molecule has 0 amide bonds. The van der Waals surface area contributed by atoms with E-state index in [9.17, 15) is 0 Å². The molecule has 0 radical (unpaired) electrons. The molecule has 0 bridgehead atoms. The molecule has 2 aromatic rings. The van der Waals surface area contributed by atoms with Gasteiger partial charge in [-0.2, -0.15) is 0 Å². The van der Waals surface area contributed by atoms with Crippen molar-refractivity contribution in [2.24, 2.45) is 0 Å². The Hall–Kier alpha value is -0.420. The molecule has 0 aliphatic rings. The van der Waals surface area contributed by atoms with E-state index in [2.05, 4.69) is 4.98 Å². The first kappa shape index (κ1) is 12.0. The second-order valence-electron chi connectivity index (χ2n) is 3.16. The summed E-state index contributed by atoms with van der Waals surface area (Å²) in [5, 5.41) is 2.97. The second kappa shape index (κ2) is 4.84. The number of hydrogen-bond donors (Lipinski definition) is 1. The van der Waals surface area contributed by atoms with Gasteiger partial charge in [-0.3, -0.25) is 0 Å². The molecule has 1 heterocycles. The van der Waals surface area contributed by atoms with Crippen molar-refractivity contribution in [2.75, 3.05) is 5.73 Å². The van der Waals surface area contributed by atoms with Gasteiger partial charge in [-0.25, -0.2) is 4.98 Å². The van der Waals surface area contributed by atoms with Gasteiger partial charge in [-0.1, -0.05) is 35.0 Å². The molecule has 0 spiro atoms. The fourth-order valence-corrected chi connectivity index (χ4v) is 3.36. The van der Waals surface area contributed by atoms with Crippen molar-refractivity contribution >= 4 is 52.0 Å². The monoisotopic (exact) mass is 290 g/mol. The summed E-state index contributed by atoms with van der Waals surface area (Å²) in [6.45, 7) is 1.96. The first-order chi connectivity index (χ1) is 7.56. The Morgan fingerprint density at radius 2 is 2.00 bits per heavy atom. The number of thiazole rings is 1. The normalized spacial score (nSPS) is 10.7. The summed E-state index contributed by atoms with van der Waals surface area (Å²) in [5.74, 6) is 0. The Kier molecular flexibility index (Phi) is 3.64. The first-order valence-electron chi connectivity index (χ1n) is 4.41. The molecule has 0 saturated heterocycles. The van der Waals surface area contributed by atoms with Gasteiger partial charge in [-0.15, -0.1) is 11.3 Å². The summed E-state index contributed by atoms with van der Waals surface area (Å²) in [4.78, 5) is 5.23. The topological polar surface area (TPSA) is 38.9 Å². The van der Waals surface area contributed by atoms with Gasteiger partial charge < -0.3 is 5.73 Å². The number of nitrogens with two attached hydrogens (primary N) is 1. The van der Waals surface area contributed by atoms with E-state index >= 15 is 0 Å². The molecule has 16 heavy (non-hydrogen) atoms. The molecule has 0 fully saturated rings. The predicted octanol–water partition coefficient (Wildman–Crippen LogP) is 4.49. The highest BCUT2D eigenvalue weighted by Gasteiger charge is 2.08. The summed E-state index contributed by atoms with van der Waals surface area (Å²) < 4.78 is 0.947. The molecular formula is C10H8Cl2N2S2. The number of nitrogens with zero attached hydrogens (tertiary/aromatic N) is 1. The summed E-state index contributed by atoms with van der Waals surface area (Å²) in [7, 11) is 0. The van der Waals surface area contributed by atoms with Crippen molar-refractivity contribution in [2.45, 2.75) is 16.2 Å². The Bertz CT molecular complexity index is 526. The number of hydrogen-bond acceptors (Lipinski definition) is 4. The number of nitrogen functional groups attached to an aromatic ring is 1. The highest BCUT2D eigenvalue weighted by molar-refractivity contribution is 8.01. The number of halogens is 2. The lowest BCUT2D eigenvalue weighted by Crippen LogP contribution is -1.88. The van der Waals surface area contributed by atoms with E-state index in [1.165, 1.54) is 11.8 Å². The van der Waals surface area contributed by atoms with Gasteiger partial charge in [0, 0.05) is 21.7 Å². The highest BCUT2D eigenvalue weighted by Crippen LogP contribution is 2.38. The maximum Gasteiger partial charge on any atom is 0.154 e. The van der Waals surface area contributed by atoms with Crippen molar-refractivity contribution in [1.82, 2.24) is 4.98 Å². The zero-order chi connectivity index (χ0) is 11.7. The zero-order valence-corrected chi connectivity index (χ0v) is 11.5. The number of aromatic nitrogens is 1. The van der Waals surface area contributed by atoms with E-state index in [-0.39, 0.29) is 0 Å². The molecule has 2 rings (SSSR count). The van der Waals surface area contributed by atoms with E-state index in [1.807, 2.05) is 12.3 Å². The van der Waals surface area contributed by atoms with Crippen molar-refractivity contribution < 1.29 is 0 Å². The van der Waals surface area contributed by atoms with Crippen molar-refractivity contribution in [1.29, 1.82) is 0 Å². The van der Waals surface area contributed by atoms with Crippen molar-refractivity contribution in [3.8, 4) is 0 Å². The van der Waals surface area contributed by atoms with Crippen LogP contribution in [0.4, 0.5) is 5.69 Å². The van der Waals surface area contributed by atoms with Crippen molar-refractivity contribution in [3.05, 3.63) is 33.3 Å². The third-order valence-electron chi connectivity index (χ3n) is 1.85. The van der Waals surface area contributed by atoms with Gasteiger partial charge in [0.15, 0.2) is 4.34 Å². The second-order valence-corrected chi connectivity index (χ2v) is 6.12. The Morgan fingerprint density at radius 3 is 2.62 bits per heavy atom. The van der Waals surface area contributed by atoms with E-state index in [1.54, 1.807) is 23.5 Å². The lowest BCUT2D eigenvalue weighted by Gasteiger charge is -2.05. The molecule has 84 valence electrons. The minimum Gasteiger partial charge on any atom is -0.398 e. The lowest BCUT2D eigenvalue weighted by atomic mass is 10.3. The van der Waals surface area contributed by atoms with Crippen LogP contribution in [0.5, 0.6) is 0 Å². The number of rotatable bonds is 2. The minimum atomic E-state index is 0.471. The van der Waals surface area contributed by atoms with Crippen LogP contribution >= 0.6 is 46.3 Å². The van der Waals surface area contributed by atoms with Gasteiger partial charge in [0.05, 0.1) is 10.0 Å². The molecule has 0 atom stereocenters. The Balaban J connectivity index is 2.31. The summed E-state index contributed by atoms with van der Waals surface area (Å²) >= 11 is 14.9. The summed E-state index contributed by atoms with van der Waals surface area (Å²) in [5.41, 5.74) is 7.48. The van der Waals surface area contributed by atoms with Gasteiger partial charge in [0.1, 0.15) is 0 Å². The molecule has 0 saturated carbocycles. The third kappa shape index (κ3) is 2.63. The minimum absolute atomic E-state index is 0.471. The third-order valence-corrected chi connectivity index (χ3v) is 4.70. The predicted molar refractivity (Wildman–Crippen MR) is 71.8 cm³/mol. The number of aryl methyl sites for hydroxylation is 1. The molecular weight excluding hydrogens is 283 g/mol. The first-order valence-corrected chi connectivity index (χ1v) is 6.86. The van der Waals surface area contributed by atoms with Crippen LogP contribution < -0.4 is 5.73 Å². The van der Waals surface area contributed by atoms with Crippen LogP contribution in [0.3, 0.4) is 0 Å².